The fourth-order valence-electron chi connectivity index (χ4n) is 11.0. The number of aromatic amines is 2. The SMILES string of the molecule is COc1ccc(C(OCC2OC(n3cc(C)c(=O)[nH]c3=O)CC2OP2(=S)OCC3(CO2)OC(n2cc(C)c(=O)[nH]c2=O)CC3O[Si](c2ccccc2)(c2ccccc2)C(C)(C)C)(c2ccccc2)c2ccc(OC)cc2)cc1. The highest BCUT2D eigenvalue weighted by Crippen LogP contribution is 2.59. The largest absolute Gasteiger partial charge is 0.497 e. The van der Waals surface area contributed by atoms with Gasteiger partial charge in [-0.15, -0.1) is 0 Å². The topological polar surface area (TPSA) is 193 Å². The molecular weight excluding hydrogens is 1050 g/mol. The summed E-state index contributed by atoms with van der Waals surface area (Å²) in [4.78, 5) is 57.2. The van der Waals surface area contributed by atoms with Gasteiger partial charge in [0, 0.05) is 36.4 Å². The molecule has 0 saturated carbocycles. The second-order valence-electron chi connectivity index (χ2n) is 20.9. The van der Waals surface area contributed by atoms with E-state index in [0.29, 0.717) is 22.6 Å². The maximum absolute atomic E-state index is 13.6. The monoisotopic (exact) mass is 1110 g/mol. The lowest BCUT2D eigenvalue weighted by molar-refractivity contribution is -0.161. The van der Waals surface area contributed by atoms with Gasteiger partial charge in [-0.2, -0.15) is 0 Å². The summed E-state index contributed by atoms with van der Waals surface area (Å²) in [6, 6.07) is 45.4. The molecule has 0 aliphatic carbocycles. The quantitative estimate of drug-likeness (QED) is 0.0557. The standard InChI is InChI=1S/C58H63N4O13PSSi/c1-38-33-61(54(65)59-52(38)63)50-31-47(48(72-50)35-69-58(40-17-11-8-12-18-40,41-23-27-43(67-6)28-24-41)42-25-29-44(68-7)30-26-42)74-76(77)70-36-57(37-71-76)49(32-51(73-57)62-34-39(2)53(64)60-55(62)66)75-78(56(3,4)5,45-19-13-9-14-20-45)46-21-15-10-16-22-46/h8-30,33-34,47-51H,31-32,35-37H2,1-7H3,(H,59,63,65)(H,60,64,66). The summed E-state index contributed by atoms with van der Waals surface area (Å²) in [5, 5.41) is 1.61. The van der Waals surface area contributed by atoms with Gasteiger partial charge in [0.1, 0.15) is 41.3 Å². The van der Waals surface area contributed by atoms with Crippen LogP contribution in [0.5, 0.6) is 11.5 Å². The zero-order valence-corrected chi connectivity index (χ0v) is 47.1. The van der Waals surface area contributed by atoms with Crippen LogP contribution in [0.1, 0.15) is 73.9 Å². The number of rotatable bonds is 16. The van der Waals surface area contributed by atoms with Crippen LogP contribution in [0, 0.1) is 13.8 Å². The van der Waals surface area contributed by atoms with E-state index in [1.165, 1.54) is 21.5 Å². The fraction of sp³-hybridized carbons (Fsp3) is 0.345. The number of benzene rings is 5. The Hall–Kier alpha value is -6.35. The van der Waals surface area contributed by atoms with Crippen molar-refractivity contribution in [2.75, 3.05) is 34.0 Å². The van der Waals surface area contributed by atoms with Gasteiger partial charge < -0.3 is 41.7 Å². The van der Waals surface area contributed by atoms with Crippen LogP contribution in [0.15, 0.2) is 171 Å². The van der Waals surface area contributed by atoms with Crippen molar-refractivity contribution in [3.05, 3.63) is 221 Å². The minimum Gasteiger partial charge on any atom is -0.497 e. The lowest BCUT2D eigenvalue weighted by Crippen LogP contribution is -2.69. The highest BCUT2D eigenvalue weighted by molar-refractivity contribution is 8.07. The molecule has 408 valence electrons. The summed E-state index contributed by atoms with van der Waals surface area (Å²) in [7, 11) is -0.0877. The maximum Gasteiger partial charge on any atom is 0.330 e. The molecule has 78 heavy (non-hydrogen) atoms. The Bertz CT molecular complexity index is 3440. The highest BCUT2D eigenvalue weighted by atomic mass is 32.5. The first-order valence-electron chi connectivity index (χ1n) is 25.7. The number of hydrogen-bond acceptors (Lipinski definition) is 14. The van der Waals surface area contributed by atoms with Crippen molar-refractivity contribution in [2.24, 2.45) is 0 Å². The van der Waals surface area contributed by atoms with Crippen molar-refractivity contribution in [3.63, 3.8) is 0 Å². The molecule has 3 saturated heterocycles. The molecule has 3 fully saturated rings. The van der Waals surface area contributed by atoms with Crippen LogP contribution in [0.2, 0.25) is 5.04 Å². The van der Waals surface area contributed by atoms with Crippen LogP contribution >= 0.6 is 6.72 Å². The van der Waals surface area contributed by atoms with E-state index in [0.717, 1.165) is 27.1 Å². The lowest BCUT2D eigenvalue weighted by atomic mass is 9.80. The third kappa shape index (κ3) is 10.4. The molecule has 2 N–H and O–H groups in total. The highest BCUT2D eigenvalue weighted by Gasteiger charge is 2.61. The molecule has 5 unspecified atom stereocenters. The van der Waals surface area contributed by atoms with Crippen molar-refractivity contribution in [1.29, 1.82) is 0 Å². The van der Waals surface area contributed by atoms with Gasteiger partial charge in [-0.05, 0) is 82.0 Å². The first-order chi connectivity index (χ1) is 37.4. The smallest absolute Gasteiger partial charge is 0.330 e. The van der Waals surface area contributed by atoms with Gasteiger partial charge >= 0.3 is 18.1 Å². The molecule has 5 aromatic carbocycles. The summed E-state index contributed by atoms with van der Waals surface area (Å²) in [5.41, 5.74) is -1.94. The number of methoxy groups -OCH3 is 2. The molecule has 5 atom stereocenters. The zero-order chi connectivity index (χ0) is 55.0. The molecular formula is C58H63N4O13PSSi. The third-order valence-electron chi connectivity index (χ3n) is 15.0. The molecule has 17 nitrogen and oxygen atoms in total. The van der Waals surface area contributed by atoms with Crippen LogP contribution in [0.3, 0.4) is 0 Å². The zero-order valence-electron chi connectivity index (χ0n) is 44.4. The van der Waals surface area contributed by atoms with Gasteiger partial charge in [0.05, 0.1) is 46.2 Å². The number of aromatic nitrogens is 4. The number of H-pyrrole nitrogens is 2. The molecule has 20 heteroatoms. The second-order valence-corrected chi connectivity index (χ2v) is 28.1. The number of nitrogens with zero attached hydrogens (tertiary/aromatic N) is 2. The molecule has 10 rings (SSSR count). The minimum absolute atomic E-state index is 0.0751. The summed E-state index contributed by atoms with van der Waals surface area (Å²) >= 11 is 6.28. The summed E-state index contributed by atoms with van der Waals surface area (Å²) < 4.78 is 63.1. The van der Waals surface area contributed by atoms with Crippen LogP contribution < -0.4 is 42.3 Å². The van der Waals surface area contributed by atoms with E-state index in [4.69, 9.17) is 53.5 Å². The normalized spacial score (nSPS) is 23.6. The summed E-state index contributed by atoms with van der Waals surface area (Å²) in [6.07, 6.45) is -1.22. The number of nitrogens with one attached hydrogen (secondary N) is 2. The van der Waals surface area contributed by atoms with E-state index >= 15 is 0 Å². The molecule has 0 amide bonds. The van der Waals surface area contributed by atoms with E-state index in [1.807, 2.05) is 115 Å². The average Bonchev–Trinajstić information content (AvgIpc) is 4.09. The predicted octanol–water partition coefficient (Wildman–Crippen LogP) is 7.28. The average molecular weight is 1120 g/mol. The van der Waals surface area contributed by atoms with Crippen LogP contribution in [0.4, 0.5) is 0 Å². The summed E-state index contributed by atoms with van der Waals surface area (Å²) in [6.45, 7) is 5.57. The Balaban J connectivity index is 1.01. The Morgan fingerprint density at radius 2 is 1.12 bits per heavy atom. The first kappa shape index (κ1) is 55.0. The Labute approximate surface area is 457 Å². The van der Waals surface area contributed by atoms with E-state index < -0.39 is 84.5 Å². The Morgan fingerprint density at radius 3 is 1.59 bits per heavy atom. The number of hydrogen-bond donors (Lipinski definition) is 2. The Kier molecular flexibility index (Phi) is 15.5. The first-order valence-corrected chi connectivity index (χ1v) is 30.2. The lowest BCUT2D eigenvalue weighted by Gasteiger charge is -2.48. The molecule has 3 aliphatic heterocycles. The van der Waals surface area contributed by atoms with Crippen LogP contribution in [0.25, 0.3) is 0 Å². The van der Waals surface area contributed by atoms with Gasteiger partial charge in [-0.3, -0.25) is 28.7 Å². The maximum atomic E-state index is 13.6. The van der Waals surface area contributed by atoms with Crippen molar-refractivity contribution in [1.82, 2.24) is 19.1 Å². The van der Waals surface area contributed by atoms with E-state index in [-0.39, 0.29) is 32.7 Å². The summed E-state index contributed by atoms with van der Waals surface area (Å²) in [5.74, 6) is 1.31. The predicted molar refractivity (Wildman–Crippen MR) is 300 cm³/mol. The van der Waals surface area contributed by atoms with Gasteiger partial charge in [0.25, 0.3) is 19.4 Å². The molecule has 3 aliphatic rings. The van der Waals surface area contributed by atoms with E-state index in [2.05, 4.69) is 55.0 Å². The van der Waals surface area contributed by atoms with E-state index in [9.17, 15) is 19.2 Å². The van der Waals surface area contributed by atoms with Crippen LogP contribution in [-0.2, 0) is 49.6 Å². The number of aryl methyl sites for hydroxylation is 2. The van der Waals surface area contributed by atoms with E-state index in [1.54, 1.807) is 28.1 Å². The van der Waals surface area contributed by atoms with Crippen molar-refractivity contribution in [3.8, 4) is 11.5 Å². The third-order valence-corrected chi connectivity index (χ3v) is 22.4. The molecule has 0 radical (unpaired) electrons. The molecule has 0 bridgehead atoms. The fourth-order valence-corrected chi connectivity index (χ4v) is 17.9. The Morgan fingerprint density at radius 1 is 0.654 bits per heavy atom. The minimum atomic E-state index is -3.74. The van der Waals surface area contributed by atoms with Gasteiger partial charge in [-0.25, -0.2) is 9.59 Å². The van der Waals surface area contributed by atoms with Crippen molar-refractivity contribution in [2.45, 2.75) is 94.5 Å². The molecule has 2 aromatic heterocycles. The van der Waals surface area contributed by atoms with Crippen molar-refractivity contribution >= 4 is 37.2 Å². The molecule has 7 aromatic rings. The molecule has 5 heterocycles. The van der Waals surface area contributed by atoms with Crippen LogP contribution in [-0.4, -0.2) is 85.4 Å². The van der Waals surface area contributed by atoms with Gasteiger partial charge in [0.2, 0.25) is 0 Å². The van der Waals surface area contributed by atoms with Crippen molar-refractivity contribution < 1.29 is 41.7 Å². The number of ether oxygens (including phenoxy) is 5. The van der Waals surface area contributed by atoms with Gasteiger partial charge in [0.15, 0.2) is 0 Å². The molecule has 1 spiro atoms. The second kappa shape index (κ2) is 22.1. The van der Waals surface area contributed by atoms with Gasteiger partial charge in [-0.1, -0.05) is 136 Å².